The zero-order valence-electron chi connectivity index (χ0n) is 11.9. The van der Waals surface area contributed by atoms with E-state index in [4.69, 9.17) is 0 Å². The lowest BCUT2D eigenvalue weighted by Crippen LogP contribution is -2.07. The maximum absolute atomic E-state index is 13.3. The predicted molar refractivity (Wildman–Crippen MR) is 81.8 cm³/mol. The van der Waals surface area contributed by atoms with Crippen molar-refractivity contribution in [3.8, 4) is 28.1 Å². The summed E-state index contributed by atoms with van der Waals surface area (Å²) in [5, 5.41) is 9.64. The fourth-order valence-electron chi connectivity index (χ4n) is 2.47. The van der Waals surface area contributed by atoms with Crippen LogP contribution in [0.25, 0.3) is 22.4 Å². The number of phenolic OH excluding ortho intramolecular Hbond substituents is 1. The lowest BCUT2D eigenvalue weighted by atomic mass is 9.93. The van der Waals surface area contributed by atoms with E-state index in [0.717, 1.165) is 18.2 Å². The molecule has 1 N–H and O–H groups in total. The Morgan fingerprint density at radius 3 is 2.13 bits per heavy atom. The zero-order chi connectivity index (χ0) is 16.4. The molecule has 0 bridgehead atoms. The van der Waals surface area contributed by atoms with Crippen molar-refractivity contribution < 1.29 is 18.3 Å². The van der Waals surface area contributed by atoms with Crippen molar-refractivity contribution in [2.75, 3.05) is 0 Å². The first-order chi connectivity index (χ1) is 11.0. The van der Waals surface area contributed by atoms with E-state index in [9.17, 15) is 18.3 Å². The molecular weight excluding hydrogens is 303 g/mol. The van der Waals surface area contributed by atoms with Crippen molar-refractivity contribution in [1.29, 1.82) is 0 Å². The largest absolute Gasteiger partial charge is 0.508 e. The van der Waals surface area contributed by atoms with Crippen LogP contribution < -0.4 is 0 Å². The van der Waals surface area contributed by atoms with Gasteiger partial charge in [-0.05, 0) is 41.5 Å². The molecule has 0 saturated carbocycles. The van der Waals surface area contributed by atoms with Gasteiger partial charge in [0.05, 0.1) is 11.3 Å². The number of nitrogens with zero attached hydrogens (tertiary/aromatic N) is 1. The highest BCUT2D eigenvalue weighted by molar-refractivity contribution is 5.84. The molecule has 1 heterocycles. The number of aromatic nitrogens is 1. The first-order valence-corrected chi connectivity index (χ1v) is 6.88. The normalized spacial score (nSPS) is 11.4. The van der Waals surface area contributed by atoms with E-state index in [1.807, 2.05) is 0 Å². The lowest BCUT2D eigenvalue weighted by molar-refractivity contribution is -0.137. The van der Waals surface area contributed by atoms with Crippen LogP contribution in [0.4, 0.5) is 13.2 Å². The standard InChI is InChI=1S/C18H12F3NO/c19-18(20,21)16-9-8-12(23)11-15(16)13-5-1-2-6-14(13)17-7-3-4-10-22-17/h1-11,23H. The third-order valence-electron chi connectivity index (χ3n) is 3.47. The van der Waals surface area contributed by atoms with Gasteiger partial charge in [-0.15, -0.1) is 0 Å². The van der Waals surface area contributed by atoms with Gasteiger partial charge >= 0.3 is 6.18 Å². The third-order valence-corrected chi connectivity index (χ3v) is 3.47. The second-order valence-corrected chi connectivity index (χ2v) is 4.99. The average molecular weight is 315 g/mol. The second-order valence-electron chi connectivity index (χ2n) is 4.99. The molecule has 3 rings (SSSR count). The van der Waals surface area contributed by atoms with Gasteiger partial charge in [0, 0.05) is 11.8 Å². The van der Waals surface area contributed by atoms with E-state index in [1.54, 1.807) is 48.7 Å². The smallest absolute Gasteiger partial charge is 0.417 e. The SMILES string of the molecule is Oc1ccc(C(F)(F)F)c(-c2ccccc2-c2ccccn2)c1. The van der Waals surface area contributed by atoms with Crippen LogP contribution >= 0.6 is 0 Å². The van der Waals surface area contributed by atoms with Crippen molar-refractivity contribution in [1.82, 2.24) is 4.98 Å². The Morgan fingerprint density at radius 1 is 0.783 bits per heavy atom. The summed E-state index contributed by atoms with van der Waals surface area (Å²) in [5.41, 5.74) is 0.649. The molecule has 2 aromatic carbocycles. The quantitative estimate of drug-likeness (QED) is 0.710. The highest BCUT2D eigenvalue weighted by atomic mass is 19.4. The second kappa shape index (κ2) is 5.76. The molecule has 0 radical (unpaired) electrons. The minimum atomic E-state index is -4.51. The molecular formula is C18H12F3NO. The van der Waals surface area contributed by atoms with Gasteiger partial charge in [-0.1, -0.05) is 30.3 Å². The van der Waals surface area contributed by atoms with E-state index in [2.05, 4.69) is 4.98 Å². The van der Waals surface area contributed by atoms with E-state index < -0.39 is 11.7 Å². The van der Waals surface area contributed by atoms with Crippen molar-refractivity contribution >= 4 is 0 Å². The van der Waals surface area contributed by atoms with Crippen molar-refractivity contribution in [2.24, 2.45) is 0 Å². The molecule has 0 amide bonds. The molecule has 23 heavy (non-hydrogen) atoms. The number of hydrogen-bond acceptors (Lipinski definition) is 2. The Hall–Kier alpha value is -2.82. The Labute approximate surface area is 130 Å². The number of hydrogen-bond donors (Lipinski definition) is 1. The van der Waals surface area contributed by atoms with Crippen LogP contribution in [0.2, 0.25) is 0 Å². The summed E-state index contributed by atoms with van der Waals surface area (Å²) >= 11 is 0. The van der Waals surface area contributed by atoms with Crippen molar-refractivity contribution in [2.45, 2.75) is 6.18 Å². The minimum absolute atomic E-state index is 0.0706. The van der Waals surface area contributed by atoms with Gasteiger partial charge in [-0.2, -0.15) is 13.2 Å². The number of pyridine rings is 1. The van der Waals surface area contributed by atoms with Gasteiger partial charge in [-0.3, -0.25) is 4.98 Å². The summed E-state index contributed by atoms with van der Waals surface area (Å²) in [4.78, 5) is 4.21. The Bertz CT molecular complexity index is 829. The lowest BCUT2D eigenvalue weighted by Gasteiger charge is -2.16. The molecule has 0 saturated heterocycles. The summed E-state index contributed by atoms with van der Waals surface area (Å²) in [6.45, 7) is 0. The van der Waals surface area contributed by atoms with Gasteiger partial charge in [-0.25, -0.2) is 0 Å². The Balaban J connectivity index is 2.27. The van der Waals surface area contributed by atoms with E-state index in [1.165, 1.54) is 0 Å². The van der Waals surface area contributed by atoms with Gasteiger partial charge in [0.1, 0.15) is 5.75 Å². The first-order valence-electron chi connectivity index (χ1n) is 6.88. The van der Waals surface area contributed by atoms with E-state index in [-0.39, 0.29) is 11.3 Å². The van der Waals surface area contributed by atoms with Gasteiger partial charge in [0.25, 0.3) is 0 Å². The van der Waals surface area contributed by atoms with Crippen LogP contribution in [-0.2, 0) is 6.18 Å². The maximum Gasteiger partial charge on any atom is 0.417 e. The molecule has 3 aromatic rings. The number of alkyl halides is 3. The van der Waals surface area contributed by atoms with Crippen molar-refractivity contribution in [3.63, 3.8) is 0 Å². The molecule has 116 valence electrons. The summed E-state index contributed by atoms with van der Waals surface area (Å²) in [6, 6.07) is 15.0. The summed E-state index contributed by atoms with van der Waals surface area (Å²) < 4.78 is 39.9. The molecule has 0 aliphatic carbocycles. The maximum atomic E-state index is 13.3. The minimum Gasteiger partial charge on any atom is -0.508 e. The summed E-state index contributed by atoms with van der Waals surface area (Å²) in [7, 11) is 0. The summed E-state index contributed by atoms with van der Waals surface area (Å²) in [5.74, 6) is -0.219. The third kappa shape index (κ3) is 3.04. The molecule has 0 atom stereocenters. The van der Waals surface area contributed by atoms with E-state index >= 15 is 0 Å². The first kappa shape index (κ1) is 15.1. The highest BCUT2D eigenvalue weighted by Crippen LogP contribution is 2.41. The molecule has 0 spiro atoms. The number of benzene rings is 2. The Kier molecular flexibility index (Phi) is 3.78. The molecule has 0 aliphatic heterocycles. The van der Waals surface area contributed by atoms with Gasteiger partial charge < -0.3 is 5.11 Å². The topological polar surface area (TPSA) is 33.1 Å². The predicted octanol–water partition coefficient (Wildman–Crippen LogP) is 5.14. The zero-order valence-corrected chi connectivity index (χ0v) is 11.9. The molecule has 2 nitrogen and oxygen atoms in total. The number of aromatic hydroxyl groups is 1. The van der Waals surface area contributed by atoms with Crippen LogP contribution in [0.1, 0.15) is 5.56 Å². The fraction of sp³-hybridized carbons (Fsp3) is 0.0556. The molecule has 0 unspecified atom stereocenters. The molecule has 1 aromatic heterocycles. The summed E-state index contributed by atoms with van der Waals surface area (Å²) in [6.07, 6.45) is -2.93. The highest BCUT2D eigenvalue weighted by Gasteiger charge is 2.34. The molecule has 5 heteroatoms. The Morgan fingerprint density at radius 2 is 1.48 bits per heavy atom. The van der Waals surface area contributed by atoms with E-state index in [0.29, 0.717) is 16.8 Å². The van der Waals surface area contributed by atoms with Crippen LogP contribution in [-0.4, -0.2) is 10.1 Å². The molecule has 0 fully saturated rings. The van der Waals surface area contributed by atoms with Crippen LogP contribution in [0.5, 0.6) is 5.75 Å². The fourth-order valence-corrected chi connectivity index (χ4v) is 2.47. The molecule has 0 aliphatic rings. The van der Waals surface area contributed by atoms with Crippen LogP contribution in [0, 0.1) is 0 Å². The number of halogens is 3. The average Bonchev–Trinajstić information content (AvgIpc) is 2.54. The van der Waals surface area contributed by atoms with Crippen LogP contribution in [0.3, 0.4) is 0 Å². The monoisotopic (exact) mass is 315 g/mol. The number of phenols is 1. The number of rotatable bonds is 2. The van der Waals surface area contributed by atoms with Crippen molar-refractivity contribution in [3.05, 3.63) is 72.4 Å². The van der Waals surface area contributed by atoms with Crippen LogP contribution in [0.15, 0.2) is 66.9 Å². The van der Waals surface area contributed by atoms with Gasteiger partial charge in [0.15, 0.2) is 0 Å². The van der Waals surface area contributed by atoms with Gasteiger partial charge in [0.2, 0.25) is 0 Å².